The summed E-state index contributed by atoms with van der Waals surface area (Å²) in [4.78, 5) is 12.0. The largest absolute Gasteiger partial charge is 0.494 e. The van der Waals surface area contributed by atoms with Crippen molar-refractivity contribution in [3.8, 4) is 5.75 Å². The van der Waals surface area contributed by atoms with Crippen molar-refractivity contribution in [1.29, 1.82) is 0 Å². The van der Waals surface area contributed by atoms with E-state index in [1.807, 2.05) is 31.2 Å². The third-order valence-electron chi connectivity index (χ3n) is 3.90. The van der Waals surface area contributed by atoms with Crippen LogP contribution in [0.4, 0.5) is 5.82 Å². The van der Waals surface area contributed by atoms with Gasteiger partial charge in [-0.25, -0.2) is 0 Å². The highest BCUT2D eigenvalue weighted by atomic mass is 16.5. The summed E-state index contributed by atoms with van der Waals surface area (Å²) in [6.45, 7) is 4.26. The fourth-order valence-corrected chi connectivity index (χ4v) is 2.60. The SMILES string of the molecule is Cc1ccc(OCCCC(=O)Nc2n[nH]c3c2CCNC3)cc1. The lowest BCUT2D eigenvalue weighted by Gasteiger charge is -2.13. The summed E-state index contributed by atoms with van der Waals surface area (Å²) in [6.07, 6.45) is 1.98. The number of carbonyl (C=O) groups excluding carboxylic acids is 1. The minimum atomic E-state index is -0.0228. The third kappa shape index (κ3) is 4.10. The Hall–Kier alpha value is -2.34. The number of aromatic amines is 1. The van der Waals surface area contributed by atoms with Crippen LogP contribution in [0.25, 0.3) is 0 Å². The minimum Gasteiger partial charge on any atom is -0.494 e. The van der Waals surface area contributed by atoms with Crippen molar-refractivity contribution in [3.05, 3.63) is 41.1 Å². The number of nitrogens with one attached hydrogen (secondary N) is 3. The smallest absolute Gasteiger partial charge is 0.225 e. The van der Waals surface area contributed by atoms with Gasteiger partial charge in [0.25, 0.3) is 0 Å². The molecule has 2 aromatic rings. The van der Waals surface area contributed by atoms with E-state index in [9.17, 15) is 4.79 Å². The lowest BCUT2D eigenvalue weighted by atomic mass is 10.1. The van der Waals surface area contributed by atoms with Crippen molar-refractivity contribution in [2.24, 2.45) is 0 Å². The van der Waals surface area contributed by atoms with Crippen molar-refractivity contribution in [2.75, 3.05) is 18.5 Å². The topological polar surface area (TPSA) is 79.0 Å². The van der Waals surface area contributed by atoms with E-state index in [-0.39, 0.29) is 5.91 Å². The number of benzene rings is 1. The van der Waals surface area contributed by atoms with Crippen molar-refractivity contribution < 1.29 is 9.53 Å². The van der Waals surface area contributed by atoms with E-state index >= 15 is 0 Å². The van der Waals surface area contributed by atoms with Crippen LogP contribution in [0.5, 0.6) is 5.75 Å². The van der Waals surface area contributed by atoms with Crippen molar-refractivity contribution >= 4 is 11.7 Å². The predicted molar refractivity (Wildman–Crippen MR) is 88.5 cm³/mol. The molecule has 3 N–H and O–H groups in total. The molecule has 1 aromatic carbocycles. The number of rotatable bonds is 6. The number of fused-ring (bicyclic) bond motifs is 1. The van der Waals surface area contributed by atoms with Crippen LogP contribution in [0.15, 0.2) is 24.3 Å². The van der Waals surface area contributed by atoms with Gasteiger partial charge in [0, 0.05) is 18.5 Å². The molecule has 0 saturated heterocycles. The maximum atomic E-state index is 12.0. The number of ether oxygens (including phenoxy) is 1. The number of hydrogen-bond acceptors (Lipinski definition) is 4. The zero-order chi connectivity index (χ0) is 16.1. The Morgan fingerprint density at radius 3 is 3.00 bits per heavy atom. The first kappa shape index (κ1) is 15.6. The van der Waals surface area contributed by atoms with Crippen LogP contribution in [-0.4, -0.2) is 29.3 Å². The summed E-state index contributed by atoms with van der Waals surface area (Å²) < 4.78 is 5.63. The second-order valence-electron chi connectivity index (χ2n) is 5.77. The molecule has 0 spiro atoms. The van der Waals surface area contributed by atoms with Crippen LogP contribution >= 0.6 is 0 Å². The average Bonchev–Trinajstić information content (AvgIpc) is 2.96. The van der Waals surface area contributed by atoms with Crippen molar-refractivity contribution in [1.82, 2.24) is 15.5 Å². The normalized spacial score (nSPS) is 13.4. The number of hydrogen-bond donors (Lipinski definition) is 3. The summed E-state index contributed by atoms with van der Waals surface area (Å²) >= 11 is 0. The van der Waals surface area contributed by atoms with Crippen LogP contribution in [0, 0.1) is 6.92 Å². The van der Waals surface area contributed by atoms with Crippen LogP contribution < -0.4 is 15.4 Å². The molecular formula is C17H22N4O2. The Balaban J connectivity index is 1.41. The summed E-state index contributed by atoms with van der Waals surface area (Å²) in [5.41, 5.74) is 3.39. The van der Waals surface area contributed by atoms with Crippen LogP contribution in [0.2, 0.25) is 0 Å². The van der Waals surface area contributed by atoms with Crippen LogP contribution in [-0.2, 0) is 17.8 Å². The number of aromatic nitrogens is 2. The molecule has 0 unspecified atom stereocenters. The molecule has 0 atom stereocenters. The molecule has 0 aliphatic carbocycles. The van der Waals surface area contributed by atoms with E-state index in [2.05, 4.69) is 20.8 Å². The molecule has 23 heavy (non-hydrogen) atoms. The zero-order valence-corrected chi connectivity index (χ0v) is 13.3. The Morgan fingerprint density at radius 1 is 1.35 bits per heavy atom. The van der Waals surface area contributed by atoms with Gasteiger partial charge in [0.05, 0.1) is 12.3 Å². The van der Waals surface area contributed by atoms with Gasteiger partial charge in [-0.2, -0.15) is 5.10 Å². The number of aryl methyl sites for hydroxylation is 1. The minimum absolute atomic E-state index is 0.0228. The molecule has 0 bridgehead atoms. The molecule has 0 fully saturated rings. The molecule has 6 nitrogen and oxygen atoms in total. The summed E-state index contributed by atoms with van der Waals surface area (Å²) in [5.74, 6) is 1.49. The molecule has 122 valence electrons. The highest BCUT2D eigenvalue weighted by molar-refractivity contribution is 5.90. The van der Waals surface area contributed by atoms with E-state index in [0.29, 0.717) is 25.3 Å². The van der Waals surface area contributed by atoms with E-state index < -0.39 is 0 Å². The second-order valence-corrected chi connectivity index (χ2v) is 5.77. The Bertz CT molecular complexity index is 664. The highest BCUT2D eigenvalue weighted by Crippen LogP contribution is 2.20. The quantitative estimate of drug-likeness (QED) is 0.714. The monoisotopic (exact) mass is 314 g/mol. The molecule has 1 amide bonds. The first-order valence-corrected chi connectivity index (χ1v) is 7.98. The van der Waals surface area contributed by atoms with E-state index in [1.54, 1.807) is 0 Å². The third-order valence-corrected chi connectivity index (χ3v) is 3.90. The molecule has 2 heterocycles. The predicted octanol–water partition coefficient (Wildman–Crippen LogP) is 2.16. The maximum absolute atomic E-state index is 12.0. The number of carbonyl (C=O) groups is 1. The van der Waals surface area contributed by atoms with Gasteiger partial charge in [-0.1, -0.05) is 17.7 Å². The van der Waals surface area contributed by atoms with Crippen LogP contribution in [0.1, 0.15) is 29.7 Å². The van der Waals surface area contributed by atoms with Gasteiger partial charge in [0.15, 0.2) is 5.82 Å². The standard InChI is InChI=1S/C17H22N4O2/c1-12-4-6-13(7-5-12)23-10-2-3-16(22)19-17-14-8-9-18-11-15(14)20-21-17/h4-7,18H,2-3,8-11H2,1H3,(H2,19,20,21,22). The van der Waals surface area contributed by atoms with Crippen LogP contribution in [0.3, 0.4) is 0 Å². The van der Waals surface area contributed by atoms with Gasteiger partial charge in [-0.05, 0) is 38.4 Å². The first-order valence-electron chi connectivity index (χ1n) is 7.98. The molecule has 3 rings (SSSR count). The molecule has 0 radical (unpaired) electrons. The molecule has 1 aromatic heterocycles. The summed E-state index contributed by atoms with van der Waals surface area (Å²) in [7, 11) is 0. The van der Waals surface area contributed by atoms with Gasteiger partial charge < -0.3 is 15.4 Å². The fraction of sp³-hybridized carbons (Fsp3) is 0.412. The van der Waals surface area contributed by atoms with E-state index in [1.165, 1.54) is 5.56 Å². The lowest BCUT2D eigenvalue weighted by molar-refractivity contribution is -0.116. The zero-order valence-electron chi connectivity index (χ0n) is 13.3. The summed E-state index contributed by atoms with van der Waals surface area (Å²) in [6, 6.07) is 7.91. The number of amides is 1. The second kappa shape index (κ2) is 7.28. The Morgan fingerprint density at radius 2 is 2.17 bits per heavy atom. The van der Waals surface area contributed by atoms with Gasteiger partial charge in [0.2, 0.25) is 5.91 Å². The van der Waals surface area contributed by atoms with Gasteiger partial charge in [-0.3, -0.25) is 9.89 Å². The molecule has 1 aliphatic heterocycles. The number of anilines is 1. The Kier molecular flexibility index (Phi) is 4.92. The lowest BCUT2D eigenvalue weighted by Crippen LogP contribution is -2.24. The average molecular weight is 314 g/mol. The molecular weight excluding hydrogens is 292 g/mol. The first-order chi connectivity index (χ1) is 11.2. The number of nitrogens with zero attached hydrogens (tertiary/aromatic N) is 1. The van der Waals surface area contributed by atoms with Gasteiger partial charge in [-0.15, -0.1) is 0 Å². The van der Waals surface area contributed by atoms with Gasteiger partial charge in [0.1, 0.15) is 5.75 Å². The Labute approximate surface area is 135 Å². The van der Waals surface area contributed by atoms with E-state index in [4.69, 9.17) is 4.74 Å². The van der Waals surface area contributed by atoms with Gasteiger partial charge >= 0.3 is 0 Å². The highest BCUT2D eigenvalue weighted by Gasteiger charge is 2.17. The number of H-pyrrole nitrogens is 1. The van der Waals surface area contributed by atoms with Crippen molar-refractivity contribution in [2.45, 2.75) is 32.7 Å². The summed E-state index contributed by atoms with van der Waals surface area (Å²) in [5, 5.41) is 13.3. The molecule has 6 heteroatoms. The maximum Gasteiger partial charge on any atom is 0.225 e. The van der Waals surface area contributed by atoms with Crippen molar-refractivity contribution in [3.63, 3.8) is 0 Å². The molecule has 1 aliphatic rings. The van der Waals surface area contributed by atoms with E-state index in [0.717, 1.165) is 36.5 Å². The fourth-order valence-electron chi connectivity index (χ4n) is 2.60. The molecule has 0 saturated carbocycles.